The van der Waals surface area contributed by atoms with E-state index in [-0.39, 0.29) is 0 Å². The summed E-state index contributed by atoms with van der Waals surface area (Å²) in [5.74, 6) is 0.596. The molecule has 1 rings (SSSR count). The van der Waals surface area contributed by atoms with Crippen molar-refractivity contribution in [3.8, 4) is 0 Å². The predicted octanol–water partition coefficient (Wildman–Crippen LogP) is 2.57. The number of aliphatic hydroxyl groups excluding tert-OH is 1. The van der Waals surface area contributed by atoms with Gasteiger partial charge in [0.05, 0.1) is 19.3 Å². The normalized spacial score (nSPS) is 12.9. The van der Waals surface area contributed by atoms with Crippen LogP contribution in [0.3, 0.4) is 0 Å². The molecule has 1 aromatic carbocycles. The second-order valence-corrected chi connectivity index (χ2v) is 5.67. The van der Waals surface area contributed by atoms with Crippen molar-refractivity contribution in [3.05, 3.63) is 34.3 Å². The molecule has 18 heavy (non-hydrogen) atoms. The Morgan fingerprint density at radius 3 is 2.67 bits per heavy atom. The van der Waals surface area contributed by atoms with Crippen molar-refractivity contribution in [3.63, 3.8) is 0 Å². The van der Waals surface area contributed by atoms with Crippen LogP contribution in [-0.2, 0) is 11.3 Å². The zero-order chi connectivity index (χ0) is 13.4. The summed E-state index contributed by atoms with van der Waals surface area (Å²) in [5.41, 5.74) is 1.10. The van der Waals surface area contributed by atoms with E-state index in [0.717, 1.165) is 16.6 Å². The first-order valence-corrected chi connectivity index (χ1v) is 7.08. The molecule has 0 aliphatic carbocycles. The third kappa shape index (κ3) is 6.50. The molecule has 1 atom stereocenters. The first-order chi connectivity index (χ1) is 8.59. The highest BCUT2D eigenvalue weighted by Crippen LogP contribution is 2.16. The number of aliphatic hydroxyl groups is 1. The third-order valence-electron chi connectivity index (χ3n) is 2.46. The first kappa shape index (κ1) is 15.6. The van der Waals surface area contributed by atoms with Crippen LogP contribution in [0.2, 0.25) is 0 Å². The van der Waals surface area contributed by atoms with Gasteiger partial charge in [-0.25, -0.2) is 0 Å². The Bertz CT molecular complexity index is 344. The second-order valence-electron chi connectivity index (χ2n) is 4.81. The number of nitrogens with one attached hydrogen (secondary N) is 1. The highest BCUT2D eigenvalue weighted by atomic mass is 79.9. The lowest BCUT2D eigenvalue weighted by Gasteiger charge is -2.14. The van der Waals surface area contributed by atoms with Crippen LogP contribution >= 0.6 is 15.9 Å². The van der Waals surface area contributed by atoms with Crippen molar-refractivity contribution >= 4 is 15.9 Å². The molecule has 0 bridgehead atoms. The molecule has 0 radical (unpaired) electrons. The molecule has 0 aliphatic rings. The maximum absolute atomic E-state index is 9.71. The maximum Gasteiger partial charge on any atom is 0.0897 e. The largest absolute Gasteiger partial charge is 0.389 e. The van der Waals surface area contributed by atoms with Crippen LogP contribution in [0.4, 0.5) is 0 Å². The van der Waals surface area contributed by atoms with Gasteiger partial charge in [-0.2, -0.15) is 0 Å². The highest BCUT2D eigenvalue weighted by Gasteiger charge is 2.05. The molecule has 4 heteroatoms. The Labute approximate surface area is 118 Å². The molecular weight excluding hydrogens is 294 g/mol. The lowest BCUT2D eigenvalue weighted by Crippen LogP contribution is -2.32. The van der Waals surface area contributed by atoms with Crippen molar-refractivity contribution in [1.82, 2.24) is 5.32 Å². The number of benzene rings is 1. The Morgan fingerprint density at radius 1 is 1.28 bits per heavy atom. The van der Waals surface area contributed by atoms with Crippen LogP contribution in [-0.4, -0.2) is 30.9 Å². The minimum Gasteiger partial charge on any atom is -0.389 e. The third-order valence-corrected chi connectivity index (χ3v) is 3.23. The van der Waals surface area contributed by atoms with Gasteiger partial charge in [0.1, 0.15) is 0 Å². The lowest BCUT2D eigenvalue weighted by atomic mass is 10.2. The summed E-state index contributed by atoms with van der Waals surface area (Å²) in [6.45, 7) is 6.65. The Morgan fingerprint density at radius 2 is 2.00 bits per heavy atom. The van der Waals surface area contributed by atoms with E-state index in [1.54, 1.807) is 0 Å². The van der Waals surface area contributed by atoms with Gasteiger partial charge in [-0.1, -0.05) is 48.0 Å². The van der Waals surface area contributed by atoms with Gasteiger partial charge in [-0.05, 0) is 24.1 Å². The van der Waals surface area contributed by atoms with E-state index >= 15 is 0 Å². The smallest absolute Gasteiger partial charge is 0.0897 e. The van der Waals surface area contributed by atoms with Gasteiger partial charge >= 0.3 is 0 Å². The summed E-state index contributed by atoms with van der Waals surface area (Å²) < 4.78 is 6.54. The maximum atomic E-state index is 9.71. The molecule has 0 spiro atoms. The SMILES string of the molecule is CC(C)CNCC(O)COCc1ccccc1Br. The highest BCUT2D eigenvalue weighted by molar-refractivity contribution is 9.10. The molecule has 2 N–H and O–H groups in total. The fourth-order valence-electron chi connectivity index (χ4n) is 1.52. The topological polar surface area (TPSA) is 41.5 Å². The predicted molar refractivity (Wildman–Crippen MR) is 77.5 cm³/mol. The first-order valence-electron chi connectivity index (χ1n) is 6.29. The number of ether oxygens (including phenoxy) is 1. The van der Waals surface area contributed by atoms with Crippen LogP contribution in [0, 0.1) is 5.92 Å². The van der Waals surface area contributed by atoms with Crippen molar-refractivity contribution < 1.29 is 9.84 Å². The summed E-state index contributed by atoms with van der Waals surface area (Å²) in [6.07, 6.45) is -0.453. The summed E-state index contributed by atoms with van der Waals surface area (Å²) >= 11 is 3.47. The Kier molecular flexibility index (Phi) is 7.51. The van der Waals surface area contributed by atoms with Gasteiger partial charge in [-0.3, -0.25) is 0 Å². The number of rotatable bonds is 8. The summed E-state index contributed by atoms with van der Waals surface area (Å²) in [7, 11) is 0. The van der Waals surface area contributed by atoms with Gasteiger partial charge in [0, 0.05) is 11.0 Å². The Balaban J connectivity index is 2.15. The molecule has 1 aromatic rings. The van der Waals surface area contributed by atoms with Crippen molar-refractivity contribution in [2.45, 2.75) is 26.6 Å². The Hall–Kier alpha value is -0.420. The molecule has 0 fully saturated rings. The van der Waals surface area contributed by atoms with E-state index in [9.17, 15) is 5.11 Å². The van der Waals surface area contributed by atoms with Gasteiger partial charge in [0.25, 0.3) is 0 Å². The molecule has 1 unspecified atom stereocenters. The van der Waals surface area contributed by atoms with Gasteiger partial charge in [0.2, 0.25) is 0 Å². The zero-order valence-electron chi connectivity index (χ0n) is 11.0. The average Bonchev–Trinajstić information content (AvgIpc) is 2.31. The summed E-state index contributed by atoms with van der Waals surface area (Å²) in [6, 6.07) is 7.94. The average molecular weight is 316 g/mol. The van der Waals surface area contributed by atoms with Gasteiger partial charge in [-0.15, -0.1) is 0 Å². The molecule has 0 aliphatic heterocycles. The minimum atomic E-state index is -0.453. The molecular formula is C14H22BrNO2. The van der Waals surface area contributed by atoms with E-state index in [4.69, 9.17) is 4.74 Å². The van der Waals surface area contributed by atoms with Crippen molar-refractivity contribution in [2.75, 3.05) is 19.7 Å². The minimum absolute atomic E-state index is 0.354. The van der Waals surface area contributed by atoms with E-state index in [1.807, 2.05) is 24.3 Å². The number of halogens is 1. The summed E-state index contributed by atoms with van der Waals surface area (Å²) in [4.78, 5) is 0. The molecule has 0 heterocycles. The van der Waals surface area contributed by atoms with E-state index in [2.05, 4.69) is 35.1 Å². The van der Waals surface area contributed by atoms with E-state index in [1.165, 1.54) is 0 Å². The second kappa shape index (κ2) is 8.64. The quantitative estimate of drug-likeness (QED) is 0.774. The number of hydrogen-bond donors (Lipinski definition) is 2. The summed E-state index contributed by atoms with van der Waals surface area (Å²) in [5, 5.41) is 12.9. The van der Waals surface area contributed by atoms with Gasteiger partial charge < -0.3 is 15.2 Å². The molecule has 102 valence electrons. The van der Waals surface area contributed by atoms with Crippen molar-refractivity contribution in [2.24, 2.45) is 5.92 Å². The molecule has 0 saturated heterocycles. The fraction of sp³-hybridized carbons (Fsp3) is 0.571. The lowest BCUT2D eigenvalue weighted by molar-refractivity contribution is 0.0285. The van der Waals surface area contributed by atoms with Crippen LogP contribution in [0.15, 0.2) is 28.7 Å². The monoisotopic (exact) mass is 315 g/mol. The molecule has 0 saturated carbocycles. The van der Waals surface area contributed by atoms with Crippen LogP contribution < -0.4 is 5.32 Å². The van der Waals surface area contributed by atoms with Crippen LogP contribution in [0.25, 0.3) is 0 Å². The fourth-order valence-corrected chi connectivity index (χ4v) is 1.92. The van der Waals surface area contributed by atoms with Crippen LogP contribution in [0.5, 0.6) is 0 Å². The van der Waals surface area contributed by atoms with E-state index < -0.39 is 6.10 Å². The standard InChI is InChI=1S/C14H22BrNO2/c1-11(2)7-16-8-13(17)10-18-9-12-5-3-4-6-14(12)15/h3-6,11,13,16-17H,7-10H2,1-2H3. The van der Waals surface area contributed by atoms with E-state index in [0.29, 0.717) is 25.7 Å². The number of hydrogen-bond acceptors (Lipinski definition) is 3. The molecule has 0 amide bonds. The zero-order valence-corrected chi connectivity index (χ0v) is 12.6. The van der Waals surface area contributed by atoms with Crippen LogP contribution in [0.1, 0.15) is 19.4 Å². The molecule has 0 aromatic heterocycles. The van der Waals surface area contributed by atoms with Crippen molar-refractivity contribution in [1.29, 1.82) is 0 Å². The van der Waals surface area contributed by atoms with Gasteiger partial charge in [0.15, 0.2) is 0 Å². The molecule has 3 nitrogen and oxygen atoms in total.